The Balaban J connectivity index is 1.96. The van der Waals surface area contributed by atoms with Crippen molar-refractivity contribution in [2.45, 2.75) is 13.0 Å². The summed E-state index contributed by atoms with van der Waals surface area (Å²) in [5.74, 6) is 1.55. The van der Waals surface area contributed by atoms with Crippen LogP contribution in [0.15, 0.2) is 41.0 Å². The number of methoxy groups -OCH3 is 1. The molecule has 0 amide bonds. The zero-order valence-corrected chi connectivity index (χ0v) is 12.9. The maximum atomic E-state index is 5.70. The fourth-order valence-corrected chi connectivity index (χ4v) is 2.35. The van der Waals surface area contributed by atoms with Crippen LogP contribution in [-0.4, -0.2) is 18.6 Å². The minimum Gasteiger partial charge on any atom is -0.496 e. The lowest BCUT2D eigenvalue weighted by Gasteiger charge is -2.09. The molecule has 0 aliphatic rings. The summed E-state index contributed by atoms with van der Waals surface area (Å²) in [6, 6.07) is 9.71. The van der Waals surface area contributed by atoms with Gasteiger partial charge >= 0.3 is 0 Å². The van der Waals surface area contributed by atoms with Gasteiger partial charge in [-0.25, -0.2) is 0 Å². The van der Waals surface area contributed by atoms with Crippen molar-refractivity contribution in [1.82, 2.24) is 4.98 Å². The van der Waals surface area contributed by atoms with Crippen molar-refractivity contribution >= 4 is 15.9 Å². The lowest BCUT2D eigenvalue weighted by molar-refractivity contribution is 0.304. The second-order valence-electron chi connectivity index (χ2n) is 4.28. The molecule has 0 bridgehead atoms. The fraction of sp³-hybridized carbons (Fsp3) is 0.267. The molecule has 1 aromatic carbocycles. The molecule has 0 aliphatic carbocycles. The second-order valence-corrected chi connectivity index (χ2v) is 5.14. The van der Waals surface area contributed by atoms with E-state index >= 15 is 0 Å². The highest BCUT2D eigenvalue weighted by Gasteiger charge is 2.03. The molecule has 0 spiro atoms. The lowest BCUT2D eigenvalue weighted by Crippen LogP contribution is -2.04. The standard InChI is InChI=1S/C15H17BrN2O2/c1-19-15-5-2-11(8-14(15)16)10-20-13-4-3-12(6-7-17)18-9-13/h2-5,8-9H,6-7,10,17H2,1H3. The molecule has 2 rings (SSSR count). The molecule has 20 heavy (non-hydrogen) atoms. The van der Waals surface area contributed by atoms with Gasteiger partial charge in [-0.1, -0.05) is 6.07 Å². The van der Waals surface area contributed by atoms with Gasteiger partial charge < -0.3 is 15.2 Å². The number of ether oxygens (including phenoxy) is 2. The van der Waals surface area contributed by atoms with Crippen LogP contribution < -0.4 is 15.2 Å². The quantitative estimate of drug-likeness (QED) is 0.881. The third kappa shape index (κ3) is 3.95. The lowest BCUT2D eigenvalue weighted by atomic mass is 10.2. The van der Waals surface area contributed by atoms with Crippen molar-refractivity contribution in [1.29, 1.82) is 0 Å². The van der Waals surface area contributed by atoms with E-state index in [-0.39, 0.29) is 0 Å². The third-order valence-electron chi connectivity index (χ3n) is 2.82. The second kappa shape index (κ2) is 7.26. The molecule has 0 saturated heterocycles. The van der Waals surface area contributed by atoms with Crippen LogP contribution in [0, 0.1) is 0 Å². The summed E-state index contributed by atoms with van der Waals surface area (Å²) in [5, 5.41) is 0. The Morgan fingerprint density at radius 1 is 1.25 bits per heavy atom. The molecule has 2 N–H and O–H groups in total. The SMILES string of the molecule is COc1ccc(COc2ccc(CCN)nc2)cc1Br. The normalized spacial score (nSPS) is 10.3. The maximum Gasteiger partial charge on any atom is 0.138 e. The van der Waals surface area contributed by atoms with Gasteiger partial charge in [0.25, 0.3) is 0 Å². The van der Waals surface area contributed by atoms with Crippen LogP contribution in [0.2, 0.25) is 0 Å². The van der Waals surface area contributed by atoms with E-state index in [4.69, 9.17) is 15.2 Å². The summed E-state index contributed by atoms with van der Waals surface area (Å²) in [6.45, 7) is 1.09. The number of halogens is 1. The zero-order chi connectivity index (χ0) is 14.4. The van der Waals surface area contributed by atoms with Crippen LogP contribution in [0.25, 0.3) is 0 Å². The average molecular weight is 337 g/mol. The highest BCUT2D eigenvalue weighted by atomic mass is 79.9. The summed E-state index contributed by atoms with van der Waals surface area (Å²) < 4.78 is 11.8. The molecule has 2 aromatic rings. The highest BCUT2D eigenvalue weighted by molar-refractivity contribution is 9.10. The van der Waals surface area contributed by atoms with Gasteiger partial charge in [0.15, 0.2) is 0 Å². The predicted molar refractivity (Wildman–Crippen MR) is 82.0 cm³/mol. The summed E-state index contributed by atoms with van der Waals surface area (Å²) in [7, 11) is 1.64. The molecule has 4 nitrogen and oxygen atoms in total. The molecule has 1 aromatic heterocycles. The van der Waals surface area contributed by atoms with E-state index in [9.17, 15) is 0 Å². The first-order valence-corrected chi connectivity index (χ1v) is 7.12. The van der Waals surface area contributed by atoms with Crippen LogP contribution in [-0.2, 0) is 13.0 Å². The number of aromatic nitrogens is 1. The van der Waals surface area contributed by atoms with Crippen molar-refractivity contribution in [2.75, 3.05) is 13.7 Å². The Bertz CT molecular complexity index is 558. The number of rotatable bonds is 6. The Labute approximate surface area is 127 Å². The van der Waals surface area contributed by atoms with Gasteiger partial charge in [-0.15, -0.1) is 0 Å². The number of hydrogen-bond donors (Lipinski definition) is 1. The molecule has 0 radical (unpaired) electrons. The van der Waals surface area contributed by atoms with E-state index < -0.39 is 0 Å². The Kier molecular flexibility index (Phi) is 5.38. The van der Waals surface area contributed by atoms with Gasteiger partial charge in [-0.3, -0.25) is 4.98 Å². The topological polar surface area (TPSA) is 57.4 Å². The van der Waals surface area contributed by atoms with Gasteiger partial charge in [0, 0.05) is 12.1 Å². The summed E-state index contributed by atoms with van der Waals surface area (Å²) in [4.78, 5) is 4.29. The molecular formula is C15H17BrN2O2. The molecule has 0 unspecified atom stereocenters. The van der Waals surface area contributed by atoms with Crippen LogP contribution in [0.1, 0.15) is 11.3 Å². The third-order valence-corrected chi connectivity index (χ3v) is 3.44. The van der Waals surface area contributed by atoms with Crippen LogP contribution in [0.5, 0.6) is 11.5 Å². The van der Waals surface area contributed by atoms with E-state index in [0.717, 1.165) is 33.6 Å². The van der Waals surface area contributed by atoms with E-state index in [1.54, 1.807) is 13.3 Å². The molecule has 0 fully saturated rings. The van der Waals surface area contributed by atoms with Gasteiger partial charge in [0.2, 0.25) is 0 Å². The smallest absolute Gasteiger partial charge is 0.138 e. The minimum atomic E-state index is 0.487. The van der Waals surface area contributed by atoms with Gasteiger partial charge in [0.05, 0.1) is 17.8 Å². The number of benzene rings is 1. The minimum absolute atomic E-state index is 0.487. The number of nitrogens with two attached hydrogens (primary N) is 1. The number of nitrogens with zero attached hydrogens (tertiary/aromatic N) is 1. The molecule has 106 valence electrons. The monoisotopic (exact) mass is 336 g/mol. The summed E-state index contributed by atoms with van der Waals surface area (Å²) >= 11 is 3.46. The number of pyridine rings is 1. The van der Waals surface area contributed by atoms with Gasteiger partial charge in [-0.05, 0) is 52.3 Å². The van der Waals surface area contributed by atoms with Crippen molar-refractivity contribution in [3.63, 3.8) is 0 Å². The fourth-order valence-electron chi connectivity index (χ4n) is 1.76. The predicted octanol–water partition coefficient (Wildman–Crippen LogP) is 2.93. The Morgan fingerprint density at radius 3 is 2.70 bits per heavy atom. The van der Waals surface area contributed by atoms with Crippen LogP contribution in [0.4, 0.5) is 0 Å². The molecular weight excluding hydrogens is 320 g/mol. The summed E-state index contributed by atoms with van der Waals surface area (Å²) in [6.07, 6.45) is 2.51. The Hall–Kier alpha value is -1.59. The Morgan fingerprint density at radius 2 is 2.10 bits per heavy atom. The van der Waals surface area contributed by atoms with Crippen LogP contribution in [0.3, 0.4) is 0 Å². The highest BCUT2D eigenvalue weighted by Crippen LogP contribution is 2.26. The first kappa shape index (κ1) is 14.8. The molecule has 0 atom stereocenters. The van der Waals surface area contributed by atoms with Crippen LogP contribution >= 0.6 is 15.9 Å². The maximum absolute atomic E-state index is 5.70. The van der Waals surface area contributed by atoms with Gasteiger partial charge in [-0.2, -0.15) is 0 Å². The summed E-state index contributed by atoms with van der Waals surface area (Å²) in [5.41, 5.74) is 7.52. The van der Waals surface area contributed by atoms with Crippen molar-refractivity contribution in [2.24, 2.45) is 5.73 Å². The first-order valence-electron chi connectivity index (χ1n) is 6.33. The largest absolute Gasteiger partial charge is 0.496 e. The van der Waals surface area contributed by atoms with E-state index in [2.05, 4.69) is 20.9 Å². The van der Waals surface area contributed by atoms with E-state index in [1.807, 2.05) is 30.3 Å². The number of hydrogen-bond acceptors (Lipinski definition) is 4. The van der Waals surface area contributed by atoms with E-state index in [1.165, 1.54) is 0 Å². The first-order chi connectivity index (χ1) is 9.72. The van der Waals surface area contributed by atoms with E-state index in [0.29, 0.717) is 13.2 Å². The zero-order valence-electron chi connectivity index (χ0n) is 11.3. The average Bonchev–Trinajstić information content (AvgIpc) is 2.47. The molecule has 0 saturated carbocycles. The molecule has 5 heteroatoms. The molecule has 0 aliphatic heterocycles. The van der Waals surface area contributed by atoms with Gasteiger partial charge in [0.1, 0.15) is 18.1 Å². The van der Waals surface area contributed by atoms with Crippen molar-refractivity contribution < 1.29 is 9.47 Å². The van der Waals surface area contributed by atoms with Crippen molar-refractivity contribution in [3.8, 4) is 11.5 Å². The van der Waals surface area contributed by atoms with Crippen molar-refractivity contribution in [3.05, 3.63) is 52.3 Å². The molecule has 1 heterocycles.